The third-order valence-electron chi connectivity index (χ3n) is 2.62. The lowest BCUT2D eigenvalue weighted by atomic mass is 10.1. The average molecular weight is 236 g/mol. The summed E-state index contributed by atoms with van der Waals surface area (Å²) in [5.74, 6) is 0.827. The maximum absolute atomic E-state index is 9.66. The Balaban J connectivity index is 2.41. The van der Waals surface area contributed by atoms with E-state index in [0.29, 0.717) is 13.0 Å². The van der Waals surface area contributed by atoms with E-state index in [2.05, 4.69) is 6.58 Å². The van der Waals surface area contributed by atoms with E-state index >= 15 is 0 Å². The lowest BCUT2D eigenvalue weighted by Crippen LogP contribution is -2.25. The zero-order valence-electron chi connectivity index (χ0n) is 10.4. The lowest BCUT2D eigenvalue weighted by molar-refractivity contribution is -0.0333. The maximum atomic E-state index is 9.66. The molecule has 2 atom stereocenters. The van der Waals surface area contributed by atoms with Gasteiger partial charge in [-0.05, 0) is 31.0 Å². The van der Waals surface area contributed by atoms with Crippen LogP contribution in [0.15, 0.2) is 36.9 Å². The highest BCUT2D eigenvalue weighted by Gasteiger charge is 2.12. The molecule has 0 spiro atoms. The Bertz CT molecular complexity index is 332. The Labute approximate surface area is 103 Å². The predicted octanol–water partition coefficient (Wildman–Crippen LogP) is 2.54. The fraction of sp³-hybridized carbons (Fsp3) is 0.429. The summed E-state index contributed by atoms with van der Waals surface area (Å²) in [5.41, 5.74) is 1.06. The van der Waals surface area contributed by atoms with E-state index in [4.69, 9.17) is 9.47 Å². The molecule has 0 aliphatic carbocycles. The first-order chi connectivity index (χ1) is 8.17. The van der Waals surface area contributed by atoms with Crippen LogP contribution in [0.3, 0.4) is 0 Å². The van der Waals surface area contributed by atoms with Crippen LogP contribution in [0.1, 0.15) is 18.9 Å². The molecule has 1 N–H and O–H groups in total. The van der Waals surface area contributed by atoms with Crippen LogP contribution >= 0.6 is 0 Å². The molecule has 0 heterocycles. The van der Waals surface area contributed by atoms with Crippen molar-refractivity contribution in [1.82, 2.24) is 0 Å². The van der Waals surface area contributed by atoms with Crippen LogP contribution in [0.2, 0.25) is 0 Å². The van der Waals surface area contributed by atoms with Gasteiger partial charge >= 0.3 is 0 Å². The minimum atomic E-state index is -0.495. The topological polar surface area (TPSA) is 38.7 Å². The van der Waals surface area contributed by atoms with E-state index in [1.54, 1.807) is 13.2 Å². The smallest absolute Gasteiger partial charge is 0.118 e. The molecule has 0 saturated heterocycles. The largest absolute Gasteiger partial charge is 0.497 e. The molecule has 0 fully saturated rings. The van der Waals surface area contributed by atoms with Crippen molar-refractivity contribution in [1.29, 1.82) is 0 Å². The minimum absolute atomic E-state index is 0.199. The molecule has 0 aliphatic rings. The van der Waals surface area contributed by atoms with Gasteiger partial charge in [-0.15, -0.1) is 6.58 Å². The van der Waals surface area contributed by atoms with Crippen LogP contribution in [0.25, 0.3) is 0 Å². The molecule has 0 radical (unpaired) electrons. The molecular weight excluding hydrogens is 216 g/mol. The van der Waals surface area contributed by atoms with Gasteiger partial charge in [-0.2, -0.15) is 0 Å². The standard InChI is InChI=1S/C14H20O3/c1-4-5-14(15)11(2)17-10-12-6-8-13(16-3)9-7-12/h4,6-9,11,14-15H,1,5,10H2,2-3H3/t11-,14-/m1/s1. The number of benzene rings is 1. The van der Waals surface area contributed by atoms with Crippen LogP contribution < -0.4 is 4.74 Å². The average Bonchev–Trinajstić information content (AvgIpc) is 2.36. The number of aliphatic hydroxyl groups excluding tert-OH is 1. The first-order valence-electron chi connectivity index (χ1n) is 5.71. The monoisotopic (exact) mass is 236 g/mol. The molecule has 0 aromatic heterocycles. The fourth-order valence-corrected chi connectivity index (χ4v) is 1.42. The molecule has 1 aromatic rings. The van der Waals surface area contributed by atoms with Gasteiger partial charge in [-0.25, -0.2) is 0 Å². The minimum Gasteiger partial charge on any atom is -0.497 e. The Morgan fingerprint density at radius 1 is 1.35 bits per heavy atom. The molecular formula is C14H20O3. The first kappa shape index (κ1) is 13.7. The first-order valence-corrected chi connectivity index (χ1v) is 5.71. The van der Waals surface area contributed by atoms with Crippen molar-refractivity contribution in [3.8, 4) is 5.75 Å². The van der Waals surface area contributed by atoms with Crippen LogP contribution in [-0.2, 0) is 11.3 Å². The fourth-order valence-electron chi connectivity index (χ4n) is 1.42. The third kappa shape index (κ3) is 4.59. The highest BCUT2D eigenvalue weighted by Crippen LogP contribution is 2.13. The summed E-state index contributed by atoms with van der Waals surface area (Å²) in [6, 6.07) is 7.68. The van der Waals surface area contributed by atoms with E-state index in [9.17, 15) is 5.11 Å². The number of hydrogen-bond donors (Lipinski definition) is 1. The van der Waals surface area contributed by atoms with Crippen molar-refractivity contribution in [2.75, 3.05) is 7.11 Å². The van der Waals surface area contributed by atoms with Gasteiger partial charge in [-0.1, -0.05) is 18.2 Å². The summed E-state index contributed by atoms with van der Waals surface area (Å²) in [5, 5.41) is 9.66. The van der Waals surface area contributed by atoms with Gasteiger partial charge in [0, 0.05) is 0 Å². The van der Waals surface area contributed by atoms with Gasteiger partial charge in [0.1, 0.15) is 5.75 Å². The third-order valence-corrected chi connectivity index (χ3v) is 2.62. The van der Waals surface area contributed by atoms with Crippen LogP contribution in [0, 0.1) is 0 Å². The Morgan fingerprint density at radius 3 is 2.53 bits per heavy atom. The van der Waals surface area contributed by atoms with Gasteiger partial charge in [0.25, 0.3) is 0 Å². The molecule has 0 bridgehead atoms. The molecule has 94 valence electrons. The van der Waals surface area contributed by atoms with E-state index in [1.165, 1.54) is 0 Å². The van der Waals surface area contributed by atoms with Crippen LogP contribution in [-0.4, -0.2) is 24.4 Å². The van der Waals surface area contributed by atoms with Gasteiger partial charge in [0.05, 0.1) is 25.9 Å². The molecule has 3 heteroatoms. The summed E-state index contributed by atoms with van der Waals surface area (Å²) >= 11 is 0. The SMILES string of the molecule is C=CC[C@@H](O)[C@@H](C)OCc1ccc(OC)cc1. The van der Waals surface area contributed by atoms with E-state index in [-0.39, 0.29) is 6.10 Å². The molecule has 0 amide bonds. The van der Waals surface area contributed by atoms with Gasteiger partial charge < -0.3 is 14.6 Å². The number of methoxy groups -OCH3 is 1. The Kier molecular flexibility index (Phi) is 5.73. The predicted molar refractivity (Wildman–Crippen MR) is 68.1 cm³/mol. The summed E-state index contributed by atoms with van der Waals surface area (Å²) in [4.78, 5) is 0. The Morgan fingerprint density at radius 2 is 2.00 bits per heavy atom. The number of hydrogen-bond acceptors (Lipinski definition) is 3. The molecule has 3 nitrogen and oxygen atoms in total. The number of ether oxygens (including phenoxy) is 2. The molecule has 17 heavy (non-hydrogen) atoms. The molecule has 1 aromatic carbocycles. The van der Waals surface area contributed by atoms with Crippen molar-refractivity contribution in [2.45, 2.75) is 32.2 Å². The molecule has 0 saturated carbocycles. The highest BCUT2D eigenvalue weighted by molar-refractivity contribution is 5.26. The molecule has 1 rings (SSSR count). The quantitative estimate of drug-likeness (QED) is 0.739. The van der Waals surface area contributed by atoms with E-state index in [0.717, 1.165) is 11.3 Å². The van der Waals surface area contributed by atoms with Gasteiger partial charge in [0.15, 0.2) is 0 Å². The van der Waals surface area contributed by atoms with Gasteiger partial charge in [-0.3, -0.25) is 0 Å². The molecule has 0 aliphatic heterocycles. The van der Waals surface area contributed by atoms with E-state index in [1.807, 2.05) is 31.2 Å². The van der Waals surface area contributed by atoms with Gasteiger partial charge in [0.2, 0.25) is 0 Å². The van der Waals surface area contributed by atoms with E-state index < -0.39 is 6.10 Å². The maximum Gasteiger partial charge on any atom is 0.118 e. The highest BCUT2D eigenvalue weighted by atomic mass is 16.5. The summed E-state index contributed by atoms with van der Waals surface area (Å²) < 4.78 is 10.7. The van der Waals surface area contributed by atoms with Crippen LogP contribution in [0.4, 0.5) is 0 Å². The molecule has 0 unspecified atom stereocenters. The second-order valence-corrected chi connectivity index (χ2v) is 3.96. The summed E-state index contributed by atoms with van der Waals surface area (Å²) in [6.07, 6.45) is 1.54. The van der Waals surface area contributed by atoms with Crippen molar-refractivity contribution >= 4 is 0 Å². The summed E-state index contributed by atoms with van der Waals surface area (Å²) in [6.45, 7) is 5.94. The normalized spacial score (nSPS) is 14.1. The van der Waals surface area contributed by atoms with Crippen LogP contribution in [0.5, 0.6) is 5.75 Å². The van der Waals surface area contributed by atoms with Crippen molar-refractivity contribution in [3.05, 3.63) is 42.5 Å². The summed E-state index contributed by atoms with van der Waals surface area (Å²) in [7, 11) is 1.64. The Hall–Kier alpha value is -1.32. The lowest BCUT2D eigenvalue weighted by Gasteiger charge is -2.18. The number of rotatable bonds is 7. The second-order valence-electron chi connectivity index (χ2n) is 3.96. The zero-order chi connectivity index (χ0) is 12.7. The van der Waals surface area contributed by atoms with Crippen molar-refractivity contribution < 1.29 is 14.6 Å². The second kappa shape index (κ2) is 7.09. The zero-order valence-corrected chi connectivity index (χ0v) is 10.4. The van der Waals surface area contributed by atoms with Crippen molar-refractivity contribution in [3.63, 3.8) is 0 Å². The van der Waals surface area contributed by atoms with Crippen molar-refractivity contribution in [2.24, 2.45) is 0 Å². The number of aliphatic hydroxyl groups is 1.